The largest absolute Gasteiger partial charge is 0.381 e. The van der Waals surface area contributed by atoms with E-state index < -0.39 is 0 Å². The SMILES string of the molecule is CN(CC1CCOCC1)C1(CN)CCOC(C)(C)C1. The van der Waals surface area contributed by atoms with Crippen molar-refractivity contribution >= 4 is 0 Å². The summed E-state index contributed by atoms with van der Waals surface area (Å²) in [6.07, 6.45) is 4.44. The number of nitrogens with two attached hydrogens (primary N) is 1. The minimum atomic E-state index is -0.0540. The molecule has 1 unspecified atom stereocenters. The van der Waals surface area contributed by atoms with Crippen LogP contribution in [0.2, 0.25) is 0 Å². The van der Waals surface area contributed by atoms with E-state index in [0.29, 0.717) is 0 Å². The zero-order valence-corrected chi connectivity index (χ0v) is 12.8. The molecule has 2 saturated heterocycles. The number of ether oxygens (including phenoxy) is 2. The van der Waals surface area contributed by atoms with Crippen molar-refractivity contribution in [1.82, 2.24) is 4.90 Å². The zero-order chi connectivity index (χ0) is 13.9. The van der Waals surface area contributed by atoms with Crippen molar-refractivity contribution in [3.63, 3.8) is 0 Å². The van der Waals surface area contributed by atoms with Gasteiger partial charge in [-0.3, -0.25) is 4.90 Å². The number of hydrogen-bond donors (Lipinski definition) is 1. The second-order valence-corrected chi connectivity index (χ2v) is 6.90. The molecule has 112 valence electrons. The third-order valence-electron chi connectivity index (χ3n) is 4.88. The van der Waals surface area contributed by atoms with Crippen LogP contribution in [0.5, 0.6) is 0 Å². The van der Waals surface area contributed by atoms with Gasteiger partial charge in [0.05, 0.1) is 5.60 Å². The lowest BCUT2D eigenvalue weighted by Crippen LogP contribution is -2.60. The summed E-state index contributed by atoms with van der Waals surface area (Å²) in [5.74, 6) is 0.758. The molecule has 4 heteroatoms. The summed E-state index contributed by atoms with van der Waals surface area (Å²) in [6, 6.07) is 0. The van der Waals surface area contributed by atoms with Crippen LogP contribution >= 0.6 is 0 Å². The van der Waals surface area contributed by atoms with Crippen LogP contribution in [-0.4, -0.2) is 56.0 Å². The number of likely N-dealkylation sites (N-methyl/N-ethyl adjacent to an activating group) is 1. The maximum absolute atomic E-state index is 6.14. The molecular formula is C15H30N2O2. The maximum Gasteiger partial charge on any atom is 0.0644 e. The van der Waals surface area contributed by atoms with Crippen LogP contribution in [0.25, 0.3) is 0 Å². The molecule has 4 nitrogen and oxygen atoms in total. The van der Waals surface area contributed by atoms with Gasteiger partial charge in [0.2, 0.25) is 0 Å². The second kappa shape index (κ2) is 6.08. The van der Waals surface area contributed by atoms with Gasteiger partial charge >= 0.3 is 0 Å². The normalized spacial score (nSPS) is 32.7. The van der Waals surface area contributed by atoms with E-state index in [1.807, 2.05) is 0 Å². The summed E-state index contributed by atoms with van der Waals surface area (Å²) >= 11 is 0. The molecular weight excluding hydrogens is 240 g/mol. The van der Waals surface area contributed by atoms with Gasteiger partial charge in [-0.05, 0) is 52.5 Å². The first-order valence-electron chi connectivity index (χ1n) is 7.60. The van der Waals surface area contributed by atoms with Crippen molar-refractivity contribution in [3.8, 4) is 0 Å². The van der Waals surface area contributed by atoms with Crippen molar-refractivity contribution in [2.75, 3.05) is 40.0 Å². The Hall–Kier alpha value is -0.160. The van der Waals surface area contributed by atoms with Gasteiger partial charge in [0.15, 0.2) is 0 Å². The van der Waals surface area contributed by atoms with E-state index in [1.54, 1.807) is 0 Å². The van der Waals surface area contributed by atoms with E-state index in [1.165, 1.54) is 12.8 Å². The third-order valence-corrected chi connectivity index (χ3v) is 4.88. The van der Waals surface area contributed by atoms with E-state index in [4.69, 9.17) is 15.2 Å². The van der Waals surface area contributed by atoms with E-state index in [9.17, 15) is 0 Å². The highest BCUT2D eigenvalue weighted by molar-refractivity contribution is 4.99. The fraction of sp³-hybridized carbons (Fsp3) is 1.00. The van der Waals surface area contributed by atoms with Crippen molar-refractivity contribution in [3.05, 3.63) is 0 Å². The summed E-state index contributed by atoms with van der Waals surface area (Å²) in [5, 5.41) is 0. The Balaban J connectivity index is 1.98. The quantitative estimate of drug-likeness (QED) is 0.843. The van der Waals surface area contributed by atoms with Crippen LogP contribution in [0.3, 0.4) is 0 Å². The van der Waals surface area contributed by atoms with Crippen molar-refractivity contribution in [2.24, 2.45) is 11.7 Å². The van der Waals surface area contributed by atoms with Crippen LogP contribution in [0.15, 0.2) is 0 Å². The van der Waals surface area contributed by atoms with Crippen molar-refractivity contribution < 1.29 is 9.47 Å². The lowest BCUT2D eigenvalue weighted by Gasteiger charge is -2.50. The van der Waals surface area contributed by atoms with E-state index in [-0.39, 0.29) is 11.1 Å². The molecule has 0 radical (unpaired) electrons. The molecule has 0 aliphatic carbocycles. The molecule has 0 spiro atoms. The van der Waals surface area contributed by atoms with Gasteiger partial charge in [0, 0.05) is 38.4 Å². The predicted molar refractivity (Wildman–Crippen MR) is 77.2 cm³/mol. The molecule has 0 bridgehead atoms. The fourth-order valence-electron chi connectivity index (χ4n) is 3.61. The minimum absolute atomic E-state index is 0.0540. The molecule has 0 saturated carbocycles. The summed E-state index contributed by atoms with van der Waals surface area (Å²) in [7, 11) is 2.24. The first kappa shape index (κ1) is 15.2. The van der Waals surface area contributed by atoms with E-state index >= 15 is 0 Å². The smallest absolute Gasteiger partial charge is 0.0644 e. The highest BCUT2D eigenvalue weighted by Gasteiger charge is 2.43. The van der Waals surface area contributed by atoms with Gasteiger partial charge in [-0.1, -0.05) is 0 Å². The van der Waals surface area contributed by atoms with Crippen molar-refractivity contribution in [2.45, 2.75) is 50.7 Å². The van der Waals surface area contributed by atoms with E-state index in [2.05, 4.69) is 25.8 Å². The molecule has 2 aliphatic heterocycles. The summed E-state index contributed by atoms with van der Waals surface area (Å²) < 4.78 is 11.3. The Morgan fingerprint density at radius 3 is 2.47 bits per heavy atom. The average Bonchev–Trinajstić information content (AvgIpc) is 2.38. The molecule has 0 amide bonds. The average molecular weight is 270 g/mol. The summed E-state index contributed by atoms with van der Waals surface area (Å²) in [6.45, 7) is 8.88. The zero-order valence-electron chi connectivity index (χ0n) is 12.8. The molecule has 2 N–H and O–H groups in total. The third kappa shape index (κ3) is 3.69. The highest BCUT2D eigenvalue weighted by atomic mass is 16.5. The molecule has 1 atom stereocenters. The lowest BCUT2D eigenvalue weighted by atomic mass is 9.79. The predicted octanol–water partition coefficient (Wildman–Crippen LogP) is 1.63. The van der Waals surface area contributed by atoms with Gasteiger partial charge < -0.3 is 15.2 Å². The number of hydrogen-bond acceptors (Lipinski definition) is 4. The standard InChI is InChI=1S/C15H30N2O2/c1-14(2)11-15(12-16,6-9-19-14)17(3)10-13-4-7-18-8-5-13/h13H,4-12,16H2,1-3H3. The summed E-state index contributed by atoms with van der Waals surface area (Å²) in [5.41, 5.74) is 6.20. The highest BCUT2D eigenvalue weighted by Crippen LogP contribution is 2.36. The van der Waals surface area contributed by atoms with Crippen LogP contribution in [0.1, 0.15) is 39.5 Å². The molecule has 2 aliphatic rings. The van der Waals surface area contributed by atoms with Crippen LogP contribution < -0.4 is 5.73 Å². The molecule has 0 aromatic heterocycles. The molecule has 0 aromatic carbocycles. The monoisotopic (exact) mass is 270 g/mol. The van der Waals surface area contributed by atoms with Crippen molar-refractivity contribution in [1.29, 1.82) is 0 Å². The Bertz CT molecular complexity index is 290. The molecule has 2 fully saturated rings. The Kier molecular flexibility index (Phi) is 4.88. The van der Waals surface area contributed by atoms with Gasteiger partial charge in [0.25, 0.3) is 0 Å². The van der Waals surface area contributed by atoms with Gasteiger partial charge in [0.1, 0.15) is 0 Å². The Morgan fingerprint density at radius 1 is 1.21 bits per heavy atom. The number of nitrogens with zero attached hydrogens (tertiary/aromatic N) is 1. The second-order valence-electron chi connectivity index (χ2n) is 6.90. The van der Waals surface area contributed by atoms with Gasteiger partial charge in [-0.2, -0.15) is 0 Å². The molecule has 0 aromatic rings. The fourth-order valence-corrected chi connectivity index (χ4v) is 3.61. The van der Waals surface area contributed by atoms with Crippen LogP contribution in [0.4, 0.5) is 0 Å². The Labute approximate surface area is 117 Å². The number of rotatable bonds is 4. The maximum atomic E-state index is 6.14. The summed E-state index contributed by atoms with van der Waals surface area (Å²) in [4.78, 5) is 2.51. The van der Waals surface area contributed by atoms with Crippen LogP contribution in [-0.2, 0) is 9.47 Å². The first-order valence-corrected chi connectivity index (χ1v) is 7.60. The Morgan fingerprint density at radius 2 is 1.89 bits per heavy atom. The first-order chi connectivity index (χ1) is 8.97. The lowest BCUT2D eigenvalue weighted by molar-refractivity contribution is -0.116. The molecule has 2 heterocycles. The van der Waals surface area contributed by atoms with Crippen LogP contribution in [0, 0.1) is 5.92 Å². The topological polar surface area (TPSA) is 47.7 Å². The molecule has 2 rings (SSSR count). The van der Waals surface area contributed by atoms with Gasteiger partial charge in [-0.25, -0.2) is 0 Å². The minimum Gasteiger partial charge on any atom is -0.381 e. The van der Waals surface area contributed by atoms with Gasteiger partial charge in [-0.15, -0.1) is 0 Å². The van der Waals surface area contributed by atoms with E-state index in [0.717, 1.165) is 51.7 Å². The molecule has 19 heavy (non-hydrogen) atoms.